The van der Waals surface area contributed by atoms with E-state index in [1.165, 1.54) is 0 Å². The van der Waals surface area contributed by atoms with Gasteiger partial charge in [0.1, 0.15) is 0 Å². The van der Waals surface area contributed by atoms with E-state index in [-0.39, 0.29) is 5.91 Å². The number of amides is 1. The van der Waals surface area contributed by atoms with E-state index in [1.54, 1.807) is 6.07 Å². The van der Waals surface area contributed by atoms with Crippen LogP contribution in [0, 0.1) is 0 Å². The minimum absolute atomic E-state index is 0.0468. The fourth-order valence-electron chi connectivity index (χ4n) is 1.80. The summed E-state index contributed by atoms with van der Waals surface area (Å²) < 4.78 is 0. The third kappa shape index (κ3) is 3.75. The van der Waals surface area contributed by atoms with Crippen molar-refractivity contribution in [3.63, 3.8) is 0 Å². The van der Waals surface area contributed by atoms with Crippen molar-refractivity contribution >= 4 is 35.8 Å². The van der Waals surface area contributed by atoms with Gasteiger partial charge in [0.05, 0.1) is 0 Å². The van der Waals surface area contributed by atoms with Gasteiger partial charge in [-0.3, -0.25) is 4.79 Å². The molecule has 0 heterocycles. The Kier molecular flexibility index (Phi) is 4.88. The zero-order valence-corrected chi connectivity index (χ0v) is 11.9. The monoisotopic (exact) mass is 291 g/mol. The van der Waals surface area contributed by atoms with E-state index in [1.807, 2.05) is 42.5 Å². The van der Waals surface area contributed by atoms with Crippen LogP contribution in [0.5, 0.6) is 0 Å². The van der Waals surface area contributed by atoms with Gasteiger partial charge < -0.3 is 5.32 Å². The van der Waals surface area contributed by atoms with Crippen LogP contribution in [-0.4, -0.2) is 11.7 Å². The highest BCUT2D eigenvalue weighted by Gasteiger charge is 2.08. The van der Waals surface area contributed by atoms with Crippen molar-refractivity contribution in [2.24, 2.45) is 0 Å². The van der Waals surface area contributed by atoms with Gasteiger partial charge in [-0.05, 0) is 29.5 Å². The lowest BCUT2D eigenvalue weighted by Gasteiger charge is -2.11. The van der Waals surface area contributed by atoms with Crippen LogP contribution in [0.4, 0.5) is 5.69 Å². The predicted molar refractivity (Wildman–Crippen MR) is 84.0 cm³/mol. The molecular weight excluding hydrogens is 278 g/mol. The highest BCUT2D eigenvalue weighted by Crippen LogP contribution is 2.30. The molecule has 0 bridgehead atoms. The molecule has 0 spiro atoms. The van der Waals surface area contributed by atoms with Gasteiger partial charge in [-0.2, -0.15) is 12.6 Å². The molecule has 2 rings (SSSR count). The molecule has 1 N–H and O–H groups in total. The van der Waals surface area contributed by atoms with E-state index >= 15 is 0 Å². The predicted octanol–water partition coefficient (Wildman–Crippen LogP) is 4.27. The molecule has 2 aromatic rings. The Morgan fingerprint density at radius 3 is 2.58 bits per heavy atom. The van der Waals surface area contributed by atoms with Gasteiger partial charge in [-0.1, -0.05) is 41.9 Å². The van der Waals surface area contributed by atoms with Crippen LogP contribution in [0.2, 0.25) is 5.02 Å². The molecule has 0 radical (unpaired) electrons. The Labute approximate surface area is 123 Å². The summed E-state index contributed by atoms with van der Waals surface area (Å²) in [6.07, 6.45) is 0.389. The molecule has 0 unspecified atom stereocenters. The Bertz CT molecular complexity index is 572. The molecule has 98 valence electrons. The number of halogens is 1. The number of carbonyl (C=O) groups is 1. The first-order valence-corrected chi connectivity index (χ1v) is 6.97. The number of hydrogen-bond acceptors (Lipinski definition) is 2. The second-order valence-electron chi connectivity index (χ2n) is 4.08. The maximum Gasteiger partial charge on any atom is 0.225 e. The molecule has 2 nitrogen and oxygen atoms in total. The molecular formula is C15H14ClNOS. The highest BCUT2D eigenvalue weighted by molar-refractivity contribution is 7.80. The summed E-state index contributed by atoms with van der Waals surface area (Å²) in [5.74, 6) is 0.481. The Morgan fingerprint density at radius 1 is 1.16 bits per heavy atom. The van der Waals surface area contributed by atoms with E-state index in [0.717, 1.165) is 16.8 Å². The van der Waals surface area contributed by atoms with Crippen molar-refractivity contribution in [2.45, 2.75) is 6.42 Å². The average molecular weight is 292 g/mol. The molecule has 0 fully saturated rings. The van der Waals surface area contributed by atoms with Crippen molar-refractivity contribution in [2.75, 3.05) is 11.1 Å². The topological polar surface area (TPSA) is 29.1 Å². The average Bonchev–Trinajstić information content (AvgIpc) is 2.42. The second-order valence-corrected chi connectivity index (χ2v) is 4.96. The van der Waals surface area contributed by atoms with Gasteiger partial charge in [0.25, 0.3) is 0 Å². The summed E-state index contributed by atoms with van der Waals surface area (Å²) in [5.41, 5.74) is 2.70. The fourth-order valence-corrected chi connectivity index (χ4v) is 2.17. The summed E-state index contributed by atoms with van der Waals surface area (Å²) in [4.78, 5) is 11.7. The molecule has 0 saturated carbocycles. The van der Waals surface area contributed by atoms with Gasteiger partial charge in [0.2, 0.25) is 5.91 Å². The Balaban J connectivity index is 2.36. The first kappa shape index (κ1) is 14.0. The molecule has 19 heavy (non-hydrogen) atoms. The third-order valence-corrected chi connectivity index (χ3v) is 3.14. The molecule has 0 aliphatic rings. The second kappa shape index (κ2) is 6.64. The number of anilines is 1. The SMILES string of the molecule is O=C(CCS)Nc1ccc(Cl)cc1-c1ccccc1. The number of nitrogens with one attached hydrogen (secondary N) is 1. The van der Waals surface area contributed by atoms with Gasteiger partial charge >= 0.3 is 0 Å². The zero-order chi connectivity index (χ0) is 13.7. The van der Waals surface area contributed by atoms with Crippen LogP contribution in [0.1, 0.15) is 6.42 Å². The van der Waals surface area contributed by atoms with Crippen LogP contribution in [0.3, 0.4) is 0 Å². The molecule has 0 aliphatic carbocycles. The first-order valence-electron chi connectivity index (χ1n) is 5.96. The summed E-state index contributed by atoms with van der Waals surface area (Å²) in [5, 5.41) is 3.54. The van der Waals surface area contributed by atoms with Crippen LogP contribution < -0.4 is 5.32 Å². The van der Waals surface area contributed by atoms with Gasteiger partial charge in [-0.25, -0.2) is 0 Å². The third-order valence-electron chi connectivity index (χ3n) is 2.68. The normalized spacial score (nSPS) is 10.2. The number of benzene rings is 2. The lowest BCUT2D eigenvalue weighted by molar-refractivity contribution is -0.115. The smallest absolute Gasteiger partial charge is 0.225 e. The number of hydrogen-bond donors (Lipinski definition) is 2. The molecule has 0 aliphatic heterocycles. The van der Waals surface area contributed by atoms with Gasteiger partial charge in [0, 0.05) is 22.7 Å². The van der Waals surface area contributed by atoms with Crippen molar-refractivity contribution in [1.82, 2.24) is 0 Å². The van der Waals surface area contributed by atoms with E-state index in [4.69, 9.17) is 11.6 Å². The minimum Gasteiger partial charge on any atom is -0.325 e. The lowest BCUT2D eigenvalue weighted by atomic mass is 10.0. The van der Waals surface area contributed by atoms with Crippen molar-refractivity contribution in [3.05, 3.63) is 53.6 Å². The van der Waals surface area contributed by atoms with Crippen LogP contribution in [0.25, 0.3) is 11.1 Å². The molecule has 1 amide bonds. The molecule has 4 heteroatoms. The molecule has 0 aromatic heterocycles. The maximum atomic E-state index is 11.7. The van der Waals surface area contributed by atoms with E-state index in [2.05, 4.69) is 17.9 Å². The van der Waals surface area contributed by atoms with E-state index in [0.29, 0.717) is 17.2 Å². The van der Waals surface area contributed by atoms with Gasteiger partial charge in [-0.15, -0.1) is 0 Å². The molecule has 0 saturated heterocycles. The van der Waals surface area contributed by atoms with E-state index < -0.39 is 0 Å². The quantitative estimate of drug-likeness (QED) is 0.810. The Hall–Kier alpha value is -1.45. The standard InChI is InChI=1S/C15H14ClNOS/c16-12-6-7-14(17-15(18)8-9-19)13(10-12)11-4-2-1-3-5-11/h1-7,10,19H,8-9H2,(H,17,18). The fraction of sp³-hybridized carbons (Fsp3) is 0.133. The summed E-state index contributed by atoms with van der Waals surface area (Å²) in [6.45, 7) is 0. The minimum atomic E-state index is -0.0468. The Morgan fingerprint density at radius 2 is 1.89 bits per heavy atom. The summed E-state index contributed by atoms with van der Waals surface area (Å²) in [7, 11) is 0. The van der Waals surface area contributed by atoms with Crippen molar-refractivity contribution in [1.29, 1.82) is 0 Å². The van der Waals surface area contributed by atoms with Crippen LogP contribution >= 0.6 is 24.2 Å². The van der Waals surface area contributed by atoms with Crippen molar-refractivity contribution < 1.29 is 4.79 Å². The number of rotatable bonds is 4. The number of thiol groups is 1. The lowest BCUT2D eigenvalue weighted by Crippen LogP contribution is -2.12. The van der Waals surface area contributed by atoms with Crippen LogP contribution in [-0.2, 0) is 4.79 Å². The van der Waals surface area contributed by atoms with Gasteiger partial charge in [0.15, 0.2) is 0 Å². The maximum absolute atomic E-state index is 11.7. The largest absolute Gasteiger partial charge is 0.325 e. The zero-order valence-electron chi connectivity index (χ0n) is 10.3. The molecule has 2 aromatic carbocycles. The summed E-state index contributed by atoms with van der Waals surface area (Å²) >= 11 is 10.1. The van der Waals surface area contributed by atoms with Crippen molar-refractivity contribution in [3.8, 4) is 11.1 Å². The summed E-state index contributed by atoms with van der Waals surface area (Å²) in [6, 6.07) is 15.3. The van der Waals surface area contributed by atoms with Crippen LogP contribution in [0.15, 0.2) is 48.5 Å². The van der Waals surface area contributed by atoms with E-state index in [9.17, 15) is 4.79 Å². The molecule has 0 atom stereocenters. The highest BCUT2D eigenvalue weighted by atomic mass is 35.5. The first-order chi connectivity index (χ1) is 9.20. The number of carbonyl (C=O) groups excluding carboxylic acids is 1.